The Balaban J connectivity index is 1.49. The van der Waals surface area contributed by atoms with Crippen LogP contribution < -0.4 is 4.74 Å². The van der Waals surface area contributed by atoms with Crippen LogP contribution in [0.25, 0.3) is 0 Å². The number of rotatable bonds is 7. The topological polar surface area (TPSA) is 9.23 Å². The van der Waals surface area contributed by atoms with Gasteiger partial charge in [0.05, 0.1) is 11.6 Å². The standard InChI is InChI=1S/C25H36ClFO/c1-3-5-6-7-18-8-10-19(11-9-18)20-12-14-21(15-13-20)22-16-17-23(28-4-2)25(27)24(22)26/h3,5,16-21H,4,6-15H2,1-2H3/b5-3+. The van der Waals surface area contributed by atoms with Gasteiger partial charge in [-0.2, -0.15) is 0 Å². The quantitative estimate of drug-likeness (QED) is 0.413. The predicted molar refractivity (Wildman–Crippen MR) is 117 cm³/mol. The van der Waals surface area contributed by atoms with Crippen LogP contribution >= 0.6 is 11.6 Å². The second-order valence-electron chi connectivity index (χ2n) is 8.75. The molecule has 0 saturated heterocycles. The lowest BCUT2D eigenvalue weighted by Crippen LogP contribution is -2.25. The van der Waals surface area contributed by atoms with Crippen molar-refractivity contribution in [3.63, 3.8) is 0 Å². The number of halogens is 2. The molecular formula is C25H36ClFO. The first kappa shape index (κ1) is 21.7. The fourth-order valence-electron chi connectivity index (χ4n) is 5.48. The van der Waals surface area contributed by atoms with Crippen molar-refractivity contribution < 1.29 is 9.13 Å². The summed E-state index contributed by atoms with van der Waals surface area (Å²) >= 11 is 6.36. The van der Waals surface area contributed by atoms with Crippen LogP contribution in [0.15, 0.2) is 24.3 Å². The maximum Gasteiger partial charge on any atom is 0.183 e. The normalized spacial score (nSPS) is 28.6. The van der Waals surface area contributed by atoms with Crippen molar-refractivity contribution in [2.24, 2.45) is 17.8 Å². The molecule has 3 heteroatoms. The highest BCUT2D eigenvalue weighted by Gasteiger charge is 2.32. The summed E-state index contributed by atoms with van der Waals surface area (Å²) in [5, 5.41) is 0.274. The van der Waals surface area contributed by atoms with E-state index < -0.39 is 0 Å². The molecule has 0 aliphatic heterocycles. The first-order chi connectivity index (χ1) is 13.6. The molecule has 1 nitrogen and oxygen atoms in total. The summed E-state index contributed by atoms with van der Waals surface area (Å²) in [6.45, 7) is 4.43. The summed E-state index contributed by atoms with van der Waals surface area (Å²) < 4.78 is 19.8. The third-order valence-electron chi connectivity index (χ3n) is 7.12. The van der Waals surface area contributed by atoms with Gasteiger partial charge in [-0.05, 0) is 101 Å². The zero-order valence-corrected chi connectivity index (χ0v) is 18.3. The lowest BCUT2D eigenvalue weighted by atomic mass is 9.68. The Morgan fingerprint density at radius 1 is 1.04 bits per heavy atom. The van der Waals surface area contributed by atoms with Gasteiger partial charge in [0.1, 0.15) is 0 Å². The largest absolute Gasteiger partial charge is 0.491 e. The van der Waals surface area contributed by atoms with Crippen LogP contribution in [0.4, 0.5) is 4.39 Å². The minimum Gasteiger partial charge on any atom is -0.491 e. The van der Waals surface area contributed by atoms with Crippen molar-refractivity contribution in [3.05, 3.63) is 40.7 Å². The molecule has 2 aliphatic rings. The summed E-state index contributed by atoms with van der Waals surface area (Å²) in [4.78, 5) is 0. The molecule has 2 saturated carbocycles. The monoisotopic (exact) mass is 406 g/mol. The van der Waals surface area contributed by atoms with Crippen LogP contribution in [0.3, 0.4) is 0 Å². The van der Waals surface area contributed by atoms with Crippen LogP contribution in [0.1, 0.15) is 89.5 Å². The fourth-order valence-corrected chi connectivity index (χ4v) is 5.79. The lowest BCUT2D eigenvalue weighted by Gasteiger charge is -2.38. The maximum atomic E-state index is 14.5. The van der Waals surface area contributed by atoms with Gasteiger partial charge in [0.25, 0.3) is 0 Å². The Morgan fingerprint density at radius 3 is 2.29 bits per heavy atom. The molecule has 0 amide bonds. The lowest BCUT2D eigenvalue weighted by molar-refractivity contribution is 0.157. The molecule has 0 unspecified atom stereocenters. The smallest absolute Gasteiger partial charge is 0.183 e. The zero-order valence-electron chi connectivity index (χ0n) is 17.6. The van der Waals surface area contributed by atoms with E-state index in [2.05, 4.69) is 19.1 Å². The Hall–Kier alpha value is -1.02. The van der Waals surface area contributed by atoms with Crippen LogP contribution in [0.2, 0.25) is 5.02 Å². The molecule has 0 radical (unpaired) electrons. The predicted octanol–water partition coefficient (Wildman–Crippen LogP) is 8.31. The maximum absolute atomic E-state index is 14.5. The van der Waals surface area contributed by atoms with Gasteiger partial charge in [0.15, 0.2) is 11.6 Å². The Bertz CT molecular complexity index is 640. The summed E-state index contributed by atoms with van der Waals surface area (Å²) in [7, 11) is 0. The van der Waals surface area contributed by atoms with Gasteiger partial charge in [-0.3, -0.25) is 0 Å². The van der Waals surface area contributed by atoms with Gasteiger partial charge < -0.3 is 4.74 Å². The molecule has 1 aromatic rings. The fraction of sp³-hybridized carbons (Fsp3) is 0.680. The molecule has 156 valence electrons. The molecule has 0 N–H and O–H groups in total. The van der Waals surface area contributed by atoms with Crippen molar-refractivity contribution in [3.8, 4) is 5.75 Å². The van der Waals surface area contributed by atoms with Crippen molar-refractivity contribution in [1.82, 2.24) is 0 Å². The van der Waals surface area contributed by atoms with E-state index in [0.717, 1.165) is 36.2 Å². The molecule has 28 heavy (non-hydrogen) atoms. The van der Waals surface area contributed by atoms with Crippen LogP contribution in [0.5, 0.6) is 5.75 Å². The van der Waals surface area contributed by atoms with Gasteiger partial charge in [-0.1, -0.05) is 42.7 Å². The molecule has 2 aliphatic carbocycles. The highest BCUT2D eigenvalue weighted by atomic mass is 35.5. The molecule has 0 heterocycles. The third kappa shape index (κ3) is 5.32. The molecule has 0 bridgehead atoms. The minimum absolute atomic E-state index is 0.274. The van der Waals surface area contributed by atoms with E-state index in [1.807, 2.05) is 13.0 Å². The van der Waals surface area contributed by atoms with E-state index in [9.17, 15) is 4.39 Å². The van der Waals surface area contributed by atoms with E-state index in [0.29, 0.717) is 12.5 Å². The van der Waals surface area contributed by atoms with E-state index in [1.165, 1.54) is 51.4 Å². The van der Waals surface area contributed by atoms with E-state index in [4.69, 9.17) is 16.3 Å². The van der Waals surface area contributed by atoms with Crippen LogP contribution in [-0.4, -0.2) is 6.61 Å². The number of ether oxygens (including phenoxy) is 1. The van der Waals surface area contributed by atoms with Crippen LogP contribution in [0, 0.1) is 23.6 Å². The second kappa shape index (κ2) is 10.7. The molecule has 2 fully saturated rings. The van der Waals surface area contributed by atoms with Gasteiger partial charge in [-0.15, -0.1) is 0 Å². The SMILES string of the molecule is C/C=C/CCC1CCC(C2CCC(c3ccc(OCC)c(F)c3Cl)CC2)CC1. The first-order valence-corrected chi connectivity index (χ1v) is 11.7. The summed E-state index contributed by atoms with van der Waals surface area (Å²) in [6.07, 6.45) is 17.6. The average molecular weight is 407 g/mol. The van der Waals surface area contributed by atoms with Crippen molar-refractivity contribution in [2.45, 2.75) is 84.0 Å². The van der Waals surface area contributed by atoms with E-state index in [1.54, 1.807) is 6.07 Å². The molecule has 3 rings (SSSR count). The summed E-state index contributed by atoms with van der Waals surface area (Å²) in [6, 6.07) is 3.73. The van der Waals surface area contributed by atoms with Crippen molar-refractivity contribution >= 4 is 11.6 Å². The van der Waals surface area contributed by atoms with Gasteiger partial charge in [0.2, 0.25) is 0 Å². The molecule has 0 aromatic heterocycles. The molecular weight excluding hydrogens is 371 g/mol. The van der Waals surface area contributed by atoms with Gasteiger partial charge in [0, 0.05) is 0 Å². The van der Waals surface area contributed by atoms with Crippen LogP contribution in [-0.2, 0) is 0 Å². The number of hydrogen-bond acceptors (Lipinski definition) is 1. The number of hydrogen-bond donors (Lipinski definition) is 0. The molecule has 0 atom stereocenters. The highest BCUT2D eigenvalue weighted by molar-refractivity contribution is 6.31. The summed E-state index contributed by atoms with van der Waals surface area (Å²) in [5.41, 5.74) is 0.980. The first-order valence-electron chi connectivity index (χ1n) is 11.4. The third-order valence-corrected chi connectivity index (χ3v) is 7.51. The van der Waals surface area contributed by atoms with Crippen molar-refractivity contribution in [2.75, 3.05) is 6.61 Å². The van der Waals surface area contributed by atoms with E-state index >= 15 is 0 Å². The Morgan fingerprint density at radius 2 is 1.68 bits per heavy atom. The van der Waals surface area contributed by atoms with Gasteiger partial charge >= 0.3 is 0 Å². The zero-order chi connectivity index (χ0) is 19.9. The minimum atomic E-state index is -0.389. The van der Waals surface area contributed by atoms with E-state index in [-0.39, 0.29) is 16.6 Å². The molecule has 1 aromatic carbocycles. The number of benzene rings is 1. The Labute approximate surface area is 175 Å². The Kier molecular flexibility index (Phi) is 8.26. The summed E-state index contributed by atoms with van der Waals surface area (Å²) in [5.74, 6) is 2.99. The highest BCUT2D eigenvalue weighted by Crippen LogP contribution is 2.46. The number of allylic oxidation sites excluding steroid dienone is 2. The van der Waals surface area contributed by atoms with Crippen molar-refractivity contribution in [1.29, 1.82) is 0 Å². The average Bonchev–Trinajstić information content (AvgIpc) is 2.73. The van der Waals surface area contributed by atoms with Gasteiger partial charge in [-0.25, -0.2) is 4.39 Å². The second-order valence-corrected chi connectivity index (χ2v) is 9.13. The molecule has 0 spiro atoms.